The topological polar surface area (TPSA) is 67.8 Å². The summed E-state index contributed by atoms with van der Waals surface area (Å²) in [5, 5.41) is 11.4. The minimum atomic E-state index is -0.127. The first-order chi connectivity index (χ1) is 22.0. The van der Waals surface area contributed by atoms with Crippen LogP contribution in [-0.2, 0) is 23.1 Å². The predicted molar refractivity (Wildman–Crippen MR) is 177 cm³/mol. The van der Waals surface area contributed by atoms with E-state index in [0.717, 1.165) is 81.6 Å². The molecule has 242 valence electrons. The molecule has 2 heterocycles. The highest BCUT2D eigenvalue weighted by Crippen LogP contribution is 2.66. The lowest BCUT2D eigenvalue weighted by atomic mass is 9.51. The van der Waals surface area contributed by atoms with Crippen LogP contribution < -0.4 is 14.9 Å². The van der Waals surface area contributed by atoms with Crippen molar-refractivity contribution in [3.63, 3.8) is 0 Å². The highest BCUT2D eigenvalue weighted by atomic mass is 16.5. The molecule has 1 spiro atoms. The summed E-state index contributed by atoms with van der Waals surface area (Å²) in [7, 11) is 1.66. The number of piperidine rings is 1. The number of benzene rings is 2. The third-order valence-electron chi connectivity index (χ3n) is 12.6. The van der Waals surface area contributed by atoms with Gasteiger partial charge in [-0.1, -0.05) is 81.9 Å². The Bertz CT molecular complexity index is 1390. The van der Waals surface area contributed by atoms with Crippen LogP contribution in [0, 0.1) is 17.8 Å². The number of carbonyl (C=O) groups excluding carboxylic acids is 1. The summed E-state index contributed by atoms with van der Waals surface area (Å²) < 4.78 is 13.0. The number of phenols is 1. The molecule has 2 aromatic carbocycles. The van der Waals surface area contributed by atoms with E-state index in [0.29, 0.717) is 28.6 Å². The summed E-state index contributed by atoms with van der Waals surface area (Å²) >= 11 is 0. The zero-order chi connectivity index (χ0) is 31.0. The van der Waals surface area contributed by atoms with Gasteiger partial charge in [0.1, 0.15) is 31.0 Å². The molecule has 2 bridgehead atoms. The highest BCUT2D eigenvalue weighted by molar-refractivity contribution is 5.77. The Hall–Kier alpha value is -2.99. The Balaban J connectivity index is 1.17. The fraction of sp³-hybridized carbons (Fsp3) is 0.615. The second-order valence-electron chi connectivity index (χ2n) is 14.8. The minimum Gasteiger partial charge on any atom is -0.508 e. The number of nitrogens with zero attached hydrogens (tertiary/aromatic N) is 1. The number of nitrogens with one attached hydrogen (secondary N) is 1. The standard InChI is InChI=1S/C39H52N2O4/c1-3-23-41(40-38(43)29(21-20-28-14-8-5-9-15-28)17-10-16-27-12-6-4-7-13-27)24-22-39-31-18-11-19-35(39)45-37-34(44-2)26-33(42)30(36(37)39)25-32(31)41/h3,5,8-9,14-15,26-27,29,31-32,35H,1,4,6-7,10-13,16-25H2,2H3,(H-,40,42,43)/p+1/t29?,31-,32+,35-,39+,41?/m0/s1. The second kappa shape index (κ2) is 12.7. The van der Waals surface area contributed by atoms with Crippen molar-refractivity contribution in [3.05, 3.63) is 65.7 Å². The summed E-state index contributed by atoms with van der Waals surface area (Å²) in [4.78, 5) is 14.5. The monoisotopic (exact) mass is 613 g/mol. The van der Waals surface area contributed by atoms with Crippen LogP contribution in [0.1, 0.15) is 100 Å². The number of quaternary nitrogens is 1. The SMILES string of the molecule is C=CC[N+]1(NC(=O)C(CCCC2CCCCC2)CCc2ccccc2)CC[C@]23c4c5c(O)cc(OC)c4O[C@H]2CCC[C@H]3[C@H]1C5. The maximum Gasteiger partial charge on any atom is 0.268 e. The number of rotatable bonds is 12. The normalized spacial score (nSPS) is 30.6. The van der Waals surface area contributed by atoms with E-state index in [9.17, 15) is 9.90 Å². The van der Waals surface area contributed by atoms with Crippen LogP contribution in [0.4, 0.5) is 0 Å². The van der Waals surface area contributed by atoms with E-state index in [1.165, 1.54) is 49.7 Å². The fourth-order valence-electron chi connectivity index (χ4n) is 10.5. The van der Waals surface area contributed by atoms with E-state index in [2.05, 4.69) is 42.3 Å². The third kappa shape index (κ3) is 5.35. The van der Waals surface area contributed by atoms with Crippen molar-refractivity contribution >= 4 is 5.91 Å². The Labute approximate surface area is 269 Å². The van der Waals surface area contributed by atoms with Gasteiger partial charge in [-0.15, -0.1) is 0 Å². The number of aromatic hydroxyl groups is 1. The Morgan fingerprint density at radius 1 is 1.16 bits per heavy atom. The van der Waals surface area contributed by atoms with Gasteiger partial charge in [-0.3, -0.25) is 4.79 Å². The smallest absolute Gasteiger partial charge is 0.268 e. The van der Waals surface area contributed by atoms with Crippen LogP contribution in [0.5, 0.6) is 17.2 Å². The van der Waals surface area contributed by atoms with Crippen LogP contribution in [0.2, 0.25) is 0 Å². The molecule has 3 fully saturated rings. The molecule has 2 unspecified atom stereocenters. The van der Waals surface area contributed by atoms with Crippen molar-refractivity contribution in [2.24, 2.45) is 17.8 Å². The number of likely N-dealkylation sites (tertiary alicyclic amines) is 1. The summed E-state index contributed by atoms with van der Waals surface area (Å²) in [5.74, 6) is 3.20. The molecule has 6 atom stereocenters. The van der Waals surface area contributed by atoms with E-state index < -0.39 is 0 Å². The van der Waals surface area contributed by atoms with E-state index in [4.69, 9.17) is 9.47 Å². The Kier molecular flexibility index (Phi) is 8.62. The average Bonchev–Trinajstić information content (AvgIpc) is 3.40. The molecule has 2 saturated carbocycles. The summed E-state index contributed by atoms with van der Waals surface area (Å²) in [6, 6.07) is 12.5. The van der Waals surface area contributed by atoms with Crippen molar-refractivity contribution in [2.45, 2.75) is 114 Å². The molecule has 2 aliphatic heterocycles. The molecule has 2 aromatic rings. The zero-order valence-corrected chi connectivity index (χ0v) is 27.3. The van der Waals surface area contributed by atoms with Crippen LogP contribution in [0.25, 0.3) is 0 Å². The molecule has 0 radical (unpaired) electrons. The van der Waals surface area contributed by atoms with E-state index in [-0.39, 0.29) is 29.4 Å². The maximum absolute atomic E-state index is 14.5. The molecule has 5 aliphatic rings. The molecule has 6 heteroatoms. The van der Waals surface area contributed by atoms with Gasteiger partial charge in [-0.05, 0) is 56.1 Å². The van der Waals surface area contributed by atoms with E-state index in [1.54, 1.807) is 13.2 Å². The quantitative estimate of drug-likeness (QED) is 0.192. The zero-order valence-electron chi connectivity index (χ0n) is 27.3. The number of ether oxygens (including phenoxy) is 2. The largest absolute Gasteiger partial charge is 0.508 e. The molecule has 3 aliphatic carbocycles. The van der Waals surface area contributed by atoms with E-state index in [1.807, 2.05) is 6.08 Å². The lowest BCUT2D eigenvalue weighted by molar-refractivity contribution is -0.989. The van der Waals surface area contributed by atoms with Crippen LogP contribution in [0.15, 0.2) is 49.1 Å². The minimum absolute atomic E-state index is 0.0152. The van der Waals surface area contributed by atoms with Gasteiger partial charge in [0.05, 0.1) is 12.5 Å². The first-order valence-corrected chi connectivity index (χ1v) is 17.9. The molecule has 6 nitrogen and oxygen atoms in total. The van der Waals surface area contributed by atoms with Crippen molar-refractivity contribution in [1.29, 1.82) is 0 Å². The maximum atomic E-state index is 14.5. The number of amides is 1. The lowest BCUT2D eigenvalue weighted by Gasteiger charge is -2.60. The van der Waals surface area contributed by atoms with Crippen molar-refractivity contribution in [1.82, 2.24) is 5.43 Å². The molecule has 1 amide bonds. The summed E-state index contributed by atoms with van der Waals surface area (Å²) in [6.07, 6.45) is 19.0. The lowest BCUT2D eigenvalue weighted by Crippen LogP contribution is -2.76. The number of phenolic OH excluding ortho intramolecular Hbond substituents is 1. The summed E-state index contributed by atoms with van der Waals surface area (Å²) in [6.45, 7) is 5.74. The fourth-order valence-corrected chi connectivity index (χ4v) is 10.5. The highest BCUT2D eigenvalue weighted by Gasteiger charge is 2.68. The first-order valence-electron chi connectivity index (χ1n) is 17.9. The number of methoxy groups -OCH3 is 1. The van der Waals surface area contributed by atoms with Gasteiger partial charge in [0.2, 0.25) is 0 Å². The first kappa shape index (κ1) is 30.7. The predicted octanol–water partition coefficient (Wildman–Crippen LogP) is 7.56. The van der Waals surface area contributed by atoms with Gasteiger partial charge in [0.15, 0.2) is 11.5 Å². The van der Waals surface area contributed by atoms with Gasteiger partial charge in [-0.2, -0.15) is 0 Å². The molecule has 45 heavy (non-hydrogen) atoms. The molecule has 0 aromatic heterocycles. The number of carbonyl (C=O) groups is 1. The molecule has 2 N–H and O–H groups in total. The van der Waals surface area contributed by atoms with Crippen LogP contribution in [0.3, 0.4) is 0 Å². The van der Waals surface area contributed by atoms with Crippen molar-refractivity contribution in [3.8, 4) is 17.2 Å². The van der Waals surface area contributed by atoms with Crippen molar-refractivity contribution < 1.29 is 24.0 Å². The van der Waals surface area contributed by atoms with Gasteiger partial charge in [-0.25, -0.2) is 10.0 Å². The van der Waals surface area contributed by atoms with Gasteiger partial charge >= 0.3 is 0 Å². The van der Waals surface area contributed by atoms with Gasteiger partial charge < -0.3 is 14.6 Å². The van der Waals surface area contributed by atoms with Gasteiger partial charge in [0.25, 0.3) is 5.91 Å². The van der Waals surface area contributed by atoms with Crippen molar-refractivity contribution in [2.75, 3.05) is 20.2 Å². The van der Waals surface area contributed by atoms with Gasteiger partial charge in [0, 0.05) is 41.9 Å². The number of hydrogen-bond donors (Lipinski definition) is 2. The number of aryl methyl sites for hydroxylation is 1. The Morgan fingerprint density at radius 2 is 1.98 bits per heavy atom. The Morgan fingerprint density at radius 3 is 2.76 bits per heavy atom. The average molecular weight is 614 g/mol. The van der Waals surface area contributed by atoms with Crippen LogP contribution in [-0.4, -0.2) is 48.0 Å². The third-order valence-corrected chi connectivity index (χ3v) is 12.6. The summed E-state index contributed by atoms with van der Waals surface area (Å²) in [5.41, 5.74) is 7.11. The molecule has 1 saturated heterocycles. The number of hydrogen-bond acceptors (Lipinski definition) is 4. The second-order valence-corrected chi connectivity index (χ2v) is 14.8. The molecule has 7 rings (SSSR count). The molecular formula is C39H53N2O4+. The molecular weight excluding hydrogens is 560 g/mol. The van der Waals surface area contributed by atoms with Crippen LogP contribution >= 0.6 is 0 Å². The van der Waals surface area contributed by atoms with E-state index >= 15 is 0 Å².